The molecule has 1 heterocycles. The normalized spacial score (nSPS) is 10.2. The first-order valence-corrected chi connectivity index (χ1v) is 5.91. The van der Waals surface area contributed by atoms with E-state index in [0.717, 1.165) is 6.07 Å². The van der Waals surface area contributed by atoms with Crippen molar-refractivity contribution in [1.29, 1.82) is 0 Å². The van der Waals surface area contributed by atoms with E-state index in [9.17, 15) is 8.78 Å². The molecule has 2 aromatic rings. The van der Waals surface area contributed by atoms with Gasteiger partial charge < -0.3 is 11.1 Å². The lowest BCUT2D eigenvalue weighted by molar-refractivity contribution is 0.574. The number of thiocarbonyl (C=S) groups is 1. The molecule has 0 unspecified atom stereocenters. The zero-order chi connectivity index (χ0) is 13.8. The van der Waals surface area contributed by atoms with Gasteiger partial charge in [-0.05, 0) is 18.2 Å². The van der Waals surface area contributed by atoms with Crippen molar-refractivity contribution in [2.24, 2.45) is 5.73 Å². The van der Waals surface area contributed by atoms with Gasteiger partial charge in [0.15, 0.2) is 0 Å². The number of nitrogens with zero attached hydrogens (tertiary/aromatic N) is 1. The van der Waals surface area contributed by atoms with Gasteiger partial charge in [0, 0.05) is 24.4 Å². The van der Waals surface area contributed by atoms with Crippen LogP contribution in [0.2, 0.25) is 0 Å². The number of aromatic nitrogens is 1. The maximum Gasteiger partial charge on any atom is 0.131 e. The van der Waals surface area contributed by atoms with Crippen LogP contribution in [0.25, 0.3) is 0 Å². The summed E-state index contributed by atoms with van der Waals surface area (Å²) in [5.41, 5.74) is 6.94. The fourth-order valence-electron chi connectivity index (χ4n) is 1.60. The molecule has 0 fully saturated rings. The molecule has 0 saturated heterocycles. The summed E-state index contributed by atoms with van der Waals surface area (Å²) in [5, 5.41) is 2.98. The second-order valence-corrected chi connectivity index (χ2v) is 4.29. The van der Waals surface area contributed by atoms with Gasteiger partial charge in [0.2, 0.25) is 0 Å². The molecule has 3 nitrogen and oxygen atoms in total. The van der Waals surface area contributed by atoms with Gasteiger partial charge in [-0.25, -0.2) is 8.78 Å². The van der Waals surface area contributed by atoms with E-state index in [1.54, 1.807) is 18.3 Å². The SMILES string of the molecule is NC(=S)c1ncccc1NCc1ccc(F)cc1F. The second-order valence-electron chi connectivity index (χ2n) is 3.85. The minimum atomic E-state index is -0.605. The molecular weight excluding hydrogens is 268 g/mol. The first kappa shape index (κ1) is 13.4. The Labute approximate surface area is 114 Å². The van der Waals surface area contributed by atoms with Crippen molar-refractivity contribution < 1.29 is 8.78 Å². The molecule has 0 spiro atoms. The Kier molecular flexibility index (Phi) is 4.01. The largest absolute Gasteiger partial charge is 0.388 e. The highest BCUT2D eigenvalue weighted by molar-refractivity contribution is 7.80. The first-order chi connectivity index (χ1) is 9.08. The van der Waals surface area contributed by atoms with Crippen molar-refractivity contribution in [1.82, 2.24) is 4.98 Å². The van der Waals surface area contributed by atoms with Crippen LogP contribution in [0.5, 0.6) is 0 Å². The minimum absolute atomic E-state index is 0.155. The van der Waals surface area contributed by atoms with Crippen molar-refractivity contribution in [3.63, 3.8) is 0 Å². The van der Waals surface area contributed by atoms with Crippen molar-refractivity contribution in [2.45, 2.75) is 6.54 Å². The van der Waals surface area contributed by atoms with Crippen LogP contribution < -0.4 is 11.1 Å². The van der Waals surface area contributed by atoms with E-state index >= 15 is 0 Å². The van der Waals surface area contributed by atoms with Gasteiger partial charge in [0.25, 0.3) is 0 Å². The average molecular weight is 279 g/mol. The Morgan fingerprint density at radius 3 is 2.79 bits per heavy atom. The number of anilines is 1. The van der Waals surface area contributed by atoms with E-state index in [2.05, 4.69) is 10.3 Å². The summed E-state index contributed by atoms with van der Waals surface area (Å²) < 4.78 is 26.2. The average Bonchev–Trinajstić information content (AvgIpc) is 2.38. The standard InChI is InChI=1S/C13H11F2N3S/c14-9-4-3-8(10(15)6-9)7-18-11-2-1-5-17-12(11)13(16)19/h1-6,18H,7H2,(H2,16,19). The third kappa shape index (κ3) is 3.23. The Hall–Kier alpha value is -2.08. The topological polar surface area (TPSA) is 50.9 Å². The molecule has 1 aromatic carbocycles. The highest BCUT2D eigenvalue weighted by atomic mass is 32.1. The van der Waals surface area contributed by atoms with Crippen molar-refractivity contribution in [3.8, 4) is 0 Å². The molecule has 0 radical (unpaired) electrons. The molecule has 0 amide bonds. The van der Waals surface area contributed by atoms with E-state index in [4.69, 9.17) is 18.0 Å². The number of rotatable bonds is 4. The number of nitrogens with two attached hydrogens (primary N) is 1. The Morgan fingerprint density at radius 1 is 1.32 bits per heavy atom. The van der Waals surface area contributed by atoms with Crippen molar-refractivity contribution in [2.75, 3.05) is 5.32 Å². The zero-order valence-electron chi connectivity index (χ0n) is 9.86. The Balaban J connectivity index is 2.17. The third-order valence-corrected chi connectivity index (χ3v) is 2.72. The maximum absolute atomic E-state index is 13.5. The molecule has 0 saturated carbocycles. The molecular formula is C13H11F2N3S. The highest BCUT2D eigenvalue weighted by Crippen LogP contribution is 2.15. The van der Waals surface area contributed by atoms with Crippen molar-refractivity contribution in [3.05, 3.63) is 59.4 Å². The molecule has 2 rings (SSSR count). The molecule has 0 aliphatic heterocycles. The third-order valence-electron chi connectivity index (χ3n) is 2.53. The number of hydrogen-bond donors (Lipinski definition) is 2. The van der Waals surface area contributed by atoms with Crippen LogP contribution in [0.15, 0.2) is 36.5 Å². The van der Waals surface area contributed by atoms with E-state index in [1.807, 2.05) is 0 Å². The summed E-state index contributed by atoms with van der Waals surface area (Å²) in [6.45, 7) is 0.188. The van der Waals surface area contributed by atoms with Gasteiger partial charge in [-0.1, -0.05) is 18.3 Å². The molecule has 0 aliphatic carbocycles. The van der Waals surface area contributed by atoms with Crippen LogP contribution in [0.4, 0.5) is 14.5 Å². The number of nitrogens with one attached hydrogen (secondary N) is 1. The van der Waals surface area contributed by atoms with E-state index < -0.39 is 11.6 Å². The summed E-state index contributed by atoms with van der Waals surface area (Å²) >= 11 is 4.87. The Morgan fingerprint density at radius 2 is 2.11 bits per heavy atom. The van der Waals surface area contributed by atoms with Gasteiger partial charge in [0.1, 0.15) is 22.3 Å². The smallest absolute Gasteiger partial charge is 0.131 e. The molecule has 98 valence electrons. The summed E-state index contributed by atoms with van der Waals surface area (Å²) in [5.74, 6) is -1.21. The van der Waals surface area contributed by atoms with Gasteiger partial charge in [0.05, 0.1) is 5.69 Å². The zero-order valence-corrected chi connectivity index (χ0v) is 10.7. The lowest BCUT2D eigenvalue weighted by Crippen LogP contribution is -2.15. The molecule has 0 bridgehead atoms. The Bertz CT molecular complexity index is 617. The number of benzene rings is 1. The molecule has 3 N–H and O–H groups in total. The fraction of sp³-hybridized carbons (Fsp3) is 0.0769. The predicted octanol–water partition coefficient (Wildman–Crippen LogP) is 2.61. The molecule has 1 aromatic heterocycles. The van der Waals surface area contributed by atoms with Gasteiger partial charge in [-0.15, -0.1) is 0 Å². The van der Waals surface area contributed by atoms with Crippen LogP contribution in [0.3, 0.4) is 0 Å². The number of pyridine rings is 1. The summed E-state index contributed by atoms with van der Waals surface area (Å²) in [7, 11) is 0. The quantitative estimate of drug-likeness (QED) is 0.845. The van der Waals surface area contributed by atoms with Crippen LogP contribution in [-0.2, 0) is 6.54 Å². The van der Waals surface area contributed by atoms with Gasteiger partial charge >= 0.3 is 0 Å². The molecule has 0 aliphatic rings. The summed E-state index contributed by atoms with van der Waals surface area (Å²) in [6.07, 6.45) is 1.57. The number of halogens is 2. The summed E-state index contributed by atoms with van der Waals surface area (Å²) in [4.78, 5) is 4.20. The van der Waals surface area contributed by atoms with Crippen LogP contribution in [0.1, 0.15) is 11.3 Å². The minimum Gasteiger partial charge on any atom is -0.388 e. The van der Waals surface area contributed by atoms with Crippen LogP contribution in [0, 0.1) is 11.6 Å². The number of hydrogen-bond acceptors (Lipinski definition) is 3. The lowest BCUT2D eigenvalue weighted by atomic mass is 10.2. The monoisotopic (exact) mass is 279 g/mol. The van der Waals surface area contributed by atoms with E-state index in [0.29, 0.717) is 16.9 Å². The van der Waals surface area contributed by atoms with Crippen molar-refractivity contribution >= 4 is 22.9 Å². The fourth-order valence-corrected chi connectivity index (χ4v) is 1.76. The first-order valence-electron chi connectivity index (χ1n) is 5.50. The second kappa shape index (κ2) is 5.71. The van der Waals surface area contributed by atoms with Gasteiger partial charge in [-0.2, -0.15) is 0 Å². The molecule has 19 heavy (non-hydrogen) atoms. The van der Waals surface area contributed by atoms with E-state index in [-0.39, 0.29) is 11.5 Å². The van der Waals surface area contributed by atoms with Gasteiger partial charge in [-0.3, -0.25) is 4.98 Å². The van der Waals surface area contributed by atoms with Crippen LogP contribution >= 0.6 is 12.2 Å². The lowest BCUT2D eigenvalue weighted by Gasteiger charge is -2.10. The maximum atomic E-state index is 13.5. The molecule has 0 atom stereocenters. The van der Waals surface area contributed by atoms with Crippen LogP contribution in [-0.4, -0.2) is 9.97 Å². The molecule has 6 heteroatoms. The highest BCUT2D eigenvalue weighted by Gasteiger charge is 2.07. The van der Waals surface area contributed by atoms with E-state index in [1.165, 1.54) is 12.1 Å². The summed E-state index contributed by atoms with van der Waals surface area (Å²) in [6, 6.07) is 6.88. The predicted molar refractivity (Wildman–Crippen MR) is 73.8 cm³/mol.